The number of aromatic nitrogens is 3. The molecule has 1 aromatic carbocycles. The Hall–Kier alpha value is -3.42. The molecule has 0 amide bonds. The molecule has 1 N–H and O–H groups in total. The third-order valence-electron chi connectivity index (χ3n) is 5.83. The third kappa shape index (κ3) is 3.83. The van der Waals surface area contributed by atoms with Crippen molar-refractivity contribution in [3.05, 3.63) is 101 Å². The lowest BCUT2D eigenvalue weighted by Crippen LogP contribution is -2.30. The summed E-state index contributed by atoms with van der Waals surface area (Å²) in [5.74, 6) is 0.617. The van der Waals surface area contributed by atoms with Gasteiger partial charge in [0.05, 0.1) is 35.8 Å². The van der Waals surface area contributed by atoms with Crippen LogP contribution in [0.25, 0.3) is 5.69 Å². The zero-order valence-electron chi connectivity index (χ0n) is 18.1. The van der Waals surface area contributed by atoms with Crippen molar-refractivity contribution in [2.24, 2.45) is 0 Å². The zero-order valence-corrected chi connectivity index (χ0v) is 19.7. The molecule has 5 rings (SSSR count). The van der Waals surface area contributed by atoms with E-state index >= 15 is 0 Å². The molecule has 0 spiro atoms. The Morgan fingerprint density at radius 3 is 2.61 bits per heavy atom. The number of methoxy groups -OCH3 is 1. The highest BCUT2D eigenvalue weighted by molar-refractivity contribution is 7.80. The Morgan fingerprint density at radius 2 is 1.91 bits per heavy atom. The van der Waals surface area contributed by atoms with E-state index in [1.165, 1.54) is 0 Å². The van der Waals surface area contributed by atoms with Crippen molar-refractivity contribution in [1.29, 1.82) is 0 Å². The van der Waals surface area contributed by atoms with Crippen LogP contribution in [0.15, 0.2) is 79.3 Å². The second-order valence-electron chi connectivity index (χ2n) is 7.76. The maximum atomic E-state index is 6.49. The van der Waals surface area contributed by atoms with Crippen LogP contribution in [-0.4, -0.2) is 26.8 Å². The molecule has 1 aliphatic rings. The number of nitrogens with one attached hydrogen (secondary N) is 1. The lowest BCUT2D eigenvalue weighted by atomic mass is 10.0. The van der Waals surface area contributed by atoms with Crippen molar-refractivity contribution < 1.29 is 4.74 Å². The standard InChI is InChI=1S/C25H22ClN5OS/c1-16-8-10-21(30(16)18-6-5-12-27-15-18)24-23(20-7-3-4-13-28-20)29-25(33)31(24)17-9-11-22(32-2)19(26)14-17/h3-15,23-24H,1-2H3,(H,29,33)/t23-,24+/m1/s1. The number of aryl methyl sites for hydroxylation is 1. The van der Waals surface area contributed by atoms with Crippen molar-refractivity contribution in [2.75, 3.05) is 12.0 Å². The number of hydrogen-bond acceptors (Lipinski definition) is 4. The van der Waals surface area contributed by atoms with Gasteiger partial charge in [-0.2, -0.15) is 0 Å². The SMILES string of the molecule is COc1ccc(N2C(=S)N[C@H](c3ccccn3)[C@@H]2c2ccc(C)n2-c2cccnc2)cc1Cl. The highest BCUT2D eigenvalue weighted by Gasteiger charge is 2.42. The summed E-state index contributed by atoms with van der Waals surface area (Å²) >= 11 is 12.3. The molecule has 0 unspecified atom stereocenters. The monoisotopic (exact) mass is 475 g/mol. The Balaban J connectivity index is 1.69. The predicted octanol–water partition coefficient (Wildman–Crippen LogP) is 5.41. The van der Waals surface area contributed by atoms with Gasteiger partial charge >= 0.3 is 0 Å². The minimum absolute atomic E-state index is 0.163. The molecule has 8 heteroatoms. The van der Waals surface area contributed by atoms with Gasteiger partial charge in [-0.25, -0.2) is 0 Å². The van der Waals surface area contributed by atoms with E-state index < -0.39 is 0 Å². The van der Waals surface area contributed by atoms with Crippen molar-refractivity contribution in [2.45, 2.75) is 19.0 Å². The van der Waals surface area contributed by atoms with Crippen molar-refractivity contribution in [3.8, 4) is 11.4 Å². The van der Waals surface area contributed by atoms with Gasteiger partial charge in [0.15, 0.2) is 5.11 Å². The van der Waals surface area contributed by atoms with Crippen LogP contribution in [-0.2, 0) is 0 Å². The molecule has 33 heavy (non-hydrogen) atoms. The van der Waals surface area contributed by atoms with Crippen LogP contribution < -0.4 is 15.0 Å². The Kier molecular flexibility index (Phi) is 5.74. The lowest BCUT2D eigenvalue weighted by Gasteiger charge is -2.29. The quantitative estimate of drug-likeness (QED) is 0.389. The minimum Gasteiger partial charge on any atom is -0.495 e. The van der Waals surface area contributed by atoms with Crippen molar-refractivity contribution in [1.82, 2.24) is 19.9 Å². The summed E-state index contributed by atoms with van der Waals surface area (Å²) in [6.45, 7) is 2.08. The van der Waals surface area contributed by atoms with Gasteiger partial charge in [-0.1, -0.05) is 17.7 Å². The second kappa shape index (κ2) is 8.84. The summed E-state index contributed by atoms with van der Waals surface area (Å²) in [5, 5.41) is 4.62. The van der Waals surface area contributed by atoms with Crippen LogP contribution in [0.5, 0.6) is 5.75 Å². The fourth-order valence-electron chi connectivity index (χ4n) is 4.37. The number of anilines is 1. The van der Waals surface area contributed by atoms with Crippen LogP contribution in [0, 0.1) is 6.92 Å². The molecular formula is C25H22ClN5OS. The number of rotatable bonds is 5. The third-order valence-corrected chi connectivity index (χ3v) is 6.43. The molecule has 0 saturated carbocycles. The first-order valence-electron chi connectivity index (χ1n) is 10.5. The van der Waals surface area contributed by atoms with E-state index in [0.717, 1.165) is 28.5 Å². The van der Waals surface area contributed by atoms with Gasteiger partial charge in [-0.05, 0) is 73.7 Å². The number of hydrogen-bond donors (Lipinski definition) is 1. The van der Waals surface area contributed by atoms with Gasteiger partial charge in [0.2, 0.25) is 0 Å². The first-order valence-corrected chi connectivity index (χ1v) is 11.3. The normalized spacial score (nSPS) is 17.8. The van der Waals surface area contributed by atoms with Crippen LogP contribution >= 0.6 is 23.8 Å². The Bertz CT molecular complexity index is 1290. The second-order valence-corrected chi connectivity index (χ2v) is 8.56. The Labute approximate surface area is 202 Å². The molecule has 4 aromatic rings. The molecule has 166 valence electrons. The van der Waals surface area contributed by atoms with Gasteiger partial charge in [0, 0.05) is 29.5 Å². The molecule has 2 atom stereocenters. The highest BCUT2D eigenvalue weighted by atomic mass is 35.5. The van der Waals surface area contributed by atoms with Gasteiger partial charge < -0.3 is 19.5 Å². The van der Waals surface area contributed by atoms with Gasteiger partial charge in [-0.15, -0.1) is 0 Å². The van der Waals surface area contributed by atoms with E-state index in [0.29, 0.717) is 15.9 Å². The molecule has 1 aliphatic heterocycles. The molecular weight excluding hydrogens is 454 g/mol. The maximum absolute atomic E-state index is 6.49. The summed E-state index contributed by atoms with van der Waals surface area (Å²) in [5.41, 5.74) is 4.93. The molecule has 4 heterocycles. The highest BCUT2D eigenvalue weighted by Crippen LogP contribution is 2.44. The molecule has 1 saturated heterocycles. The van der Waals surface area contributed by atoms with Crippen molar-refractivity contribution in [3.63, 3.8) is 0 Å². The first-order chi connectivity index (χ1) is 16.1. The zero-order chi connectivity index (χ0) is 22.9. The smallest absolute Gasteiger partial charge is 0.174 e. The van der Waals surface area contributed by atoms with Crippen LogP contribution in [0.1, 0.15) is 29.2 Å². The van der Waals surface area contributed by atoms with Crippen LogP contribution in [0.3, 0.4) is 0 Å². The molecule has 3 aromatic heterocycles. The summed E-state index contributed by atoms with van der Waals surface area (Å²) in [6.07, 6.45) is 5.44. The predicted molar refractivity (Wildman–Crippen MR) is 134 cm³/mol. The molecule has 0 radical (unpaired) electrons. The summed E-state index contributed by atoms with van der Waals surface area (Å²) < 4.78 is 7.56. The topological polar surface area (TPSA) is 55.2 Å². The van der Waals surface area contributed by atoms with Gasteiger partial charge in [0.25, 0.3) is 0 Å². The van der Waals surface area contributed by atoms with Gasteiger partial charge in [0.1, 0.15) is 11.8 Å². The molecule has 1 fully saturated rings. The van der Waals surface area contributed by atoms with Crippen LogP contribution in [0.4, 0.5) is 5.69 Å². The minimum atomic E-state index is -0.175. The lowest BCUT2D eigenvalue weighted by molar-refractivity contribution is 0.415. The van der Waals surface area contributed by atoms with Gasteiger partial charge in [-0.3, -0.25) is 9.97 Å². The number of nitrogens with zero attached hydrogens (tertiary/aromatic N) is 4. The fourth-order valence-corrected chi connectivity index (χ4v) is 4.96. The first kappa shape index (κ1) is 21.4. The number of ether oxygens (including phenoxy) is 1. The van der Waals surface area contributed by atoms with E-state index in [-0.39, 0.29) is 12.1 Å². The molecule has 0 aliphatic carbocycles. The number of pyridine rings is 2. The van der Waals surface area contributed by atoms with E-state index in [9.17, 15) is 0 Å². The number of benzene rings is 1. The maximum Gasteiger partial charge on any atom is 0.174 e. The summed E-state index contributed by atoms with van der Waals surface area (Å²) in [4.78, 5) is 11.1. The molecule has 0 bridgehead atoms. The van der Waals surface area contributed by atoms with E-state index in [4.69, 9.17) is 28.6 Å². The number of halogens is 1. The Morgan fingerprint density at radius 1 is 1.03 bits per heavy atom. The number of thiocarbonyl (C=S) groups is 1. The molecule has 6 nitrogen and oxygen atoms in total. The van der Waals surface area contributed by atoms with E-state index in [1.54, 1.807) is 19.5 Å². The summed E-state index contributed by atoms with van der Waals surface area (Å²) in [7, 11) is 1.60. The van der Waals surface area contributed by atoms with Crippen molar-refractivity contribution >= 4 is 34.6 Å². The fraction of sp³-hybridized carbons (Fsp3) is 0.160. The van der Waals surface area contributed by atoms with Crippen LogP contribution in [0.2, 0.25) is 5.02 Å². The summed E-state index contributed by atoms with van der Waals surface area (Å²) in [6, 6.07) is 19.5. The largest absolute Gasteiger partial charge is 0.495 e. The van der Waals surface area contributed by atoms with E-state index in [2.05, 4.69) is 49.9 Å². The average Bonchev–Trinajstić information content (AvgIpc) is 3.39. The average molecular weight is 476 g/mol. The van der Waals surface area contributed by atoms with E-state index in [1.807, 2.05) is 48.7 Å².